The van der Waals surface area contributed by atoms with Gasteiger partial charge >= 0.3 is 0 Å². The number of hydrogen-bond acceptors (Lipinski definition) is 3. The van der Waals surface area contributed by atoms with Gasteiger partial charge in [0.2, 0.25) is 0 Å². The summed E-state index contributed by atoms with van der Waals surface area (Å²) < 4.78 is 5.28. The minimum absolute atomic E-state index is 0.917. The summed E-state index contributed by atoms with van der Waals surface area (Å²) in [6.45, 7) is 4.27. The zero-order valence-corrected chi connectivity index (χ0v) is 10.6. The van der Waals surface area contributed by atoms with E-state index in [1.807, 2.05) is 6.07 Å². The molecule has 0 unspecified atom stereocenters. The molecule has 1 heterocycles. The molecule has 18 heavy (non-hydrogen) atoms. The van der Waals surface area contributed by atoms with Gasteiger partial charge in [0, 0.05) is 37.3 Å². The molecule has 3 rings (SSSR count). The van der Waals surface area contributed by atoms with Crippen LogP contribution < -0.4 is 15.0 Å². The third kappa shape index (κ3) is 2.02. The van der Waals surface area contributed by atoms with Crippen molar-refractivity contribution in [2.75, 3.05) is 38.2 Å². The van der Waals surface area contributed by atoms with Gasteiger partial charge in [-0.15, -0.1) is 0 Å². The number of hydrogen-bond donors (Lipinski definition) is 1. The van der Waals surface area contributed by atoms with E-state index in [1.165, 1.54) is 16.5 Å². The van der Waals surface area contributed by atoms with E-state index in [2.05, 4.69) is 40.5 Å². The van der Waals surface area contributed by atoms with Crippen molar-refractivity contribution in [2.24, 2.45) is 0 Å². The molecule has 0 atom stereocenters. The second kappa shape index (κ2) is 4.86. The summed E-state index contributed by atoms with van der Waals surface area (Å²) in [5.74, 6) is 0.917. The maximum Gasteiger partial charge on any atom is 0.119 e. The summed E-state index contributed by atoms with van der Waals surface area (Å²) in [5, 5.41) is 5.94. The highest BCUT2D eigenvalue weighted by Crippen LogP contribution is 2.29. The Morgan fingerprint density at radius 1 is 1.11 bits per heavy atom. The number of benzene rings is 2. The number of nitrogens with one attached hydrogen (secondary N) is 1. The van der Waals surface area contributed by atoms with E-state index >= 15 is 0 Å². The Morgan fingerprint density at radius 2 is 1.94 bits per heavy atom. The number of fused-ring (bicyclic) bond motifs is 1. The van der Waals surface area contributed by atoms with Gasteiger partial charge in [0.1, 0.15) is 5.75 Å². The maximum absolute atomic E-state index is 5.28. The molecule has 94 valence electrons. The summed E-state index contributed by atoms with van der Waals surface area (Å²) in [5.41, 5.74) is 1.33. The van der Waals surface area contributed by atoms with Gasteiger partial charge in [-0.25, -0.2) is 0 Å². The molecular weight excluding hydrogens is 224 g/mol. The largest absolute Gasteiger partial charge is 0.497 e. The van der Waals surface area contributed by atoms with Crippen LogP contribution in [0.3, 0.4) is 0 Å². The van der Waals surface area contributed by atoms with Gasteiger partial charge in [-0.3, -0.25) is 0 Å². The number of methoxy groups -OCH3 is 1. The molecule has 1 saturated heterocycles. The lowest BCUT2D eigenvalue weighted by molar-refractivity contribution is 0.415. The van der Waals surface area contributed by atoms with Crippen molar-refractivity contribution in [3.05, 3.63) is 36.4 Å². The lowest BCUT2D eigenvalue weighted by Gasteiger charge is -2.30. The molecule has 0 aliphatic carbocycles. The van der Waals surface area contributed by atoms with Crippen LogP contribution in [-0.2, 0) is 0 Å². The highest BCUT2D eigenvalue weighted by molar-refractivity contribution is 5.95. The monoisotopic (exact) mass is 242 g/mol. The van der Waals surface area contributed by atoms with E-state index in [0.717, 1.165) is 31.9 Å². The molecule has 0 saturated carbocycles. The average molecular weight is 242 g/mol. The van der Waals surface area contributed by atoms with E-state index < -0.39 is 0 Å². The Kier molecular flexibility index (Phi) is 3.07. The van der Waals surface area contributed by atoms with Crippen molar-refractivity contribution in [3.8, 4) is 5.75 Å². The van der Waals surface area contributed by atoms with Gasteiger partial charge in [-0.1, -0.05) is 12.1 Å². The van der Waals surface area contributed by atoms with E-state index in [1.54, 1.807) is 7.11 Å². The van der Waals surface area contributed by atoms with E-state index in [4.69, 9.17) is 4.74 Å². The van der Waals surface area contributed by atoms with Crippen molar-refractivity contribution < 1.29 is 4.74 Å². The molecule has 1 aliphatic heterocycles. The van der Waals surface area contributed by atoms with Crippen molar-refractivity contribution in [2.45, 2.75) is 0 Å². The molecule has 0 spiro atoms. The summed E-state index contributed by atoms with van der Waals surface area (Å²) in [7, 11) is 1.71. The first kappa shape index (κ1) is 11.4. The number of piperazine rings is 1. The zero-order valence-electron chi connectivity index (χ0n) is 10.6. The van der Waals surface area contributed by atoms with Gasteiger partial charge in [-0.2, -0.15) is 0 Å². The Bertz CT molecular complexity index is 547. The highest BCUT2D eigenvalue weighted by Gasteiger charge is 2.12. The number of anilines is 1. The van der Waals surface area contributed by atoms with Crippen molar-refractivity contribution in [1.82, 2.24) is 5.32 Å². The Morgan fingerprint density at radius 3 is 2.72 bits per heavy atom. The lowest BCUT2D eigenvalue weighted by Crippen LogP contribution is -2.43. The van der Waals surface area contributed by atoms with Crippen LogP contribution in [-0.4, -0.2) is 33.3 Å². The minimum Gasteiger partial charge on any atom is -0.497 e. The second-order valence-corrected chi connectivity index (χ2v) is 4.60. The van der Waals surface area contributed by atoms with Gasteiger partial charge in [-0.05, 0) is 29.7 Å². The van der Waals surface area contributed by atoms with Crippen molar-refractivity contribution >= 4 is 16.5 Å². The summed E-state index contributed by atoms with van der Waals surface area (Å²) in [6.07, 6.45) is 0. The molecule has 0 amide bonds. The molecule has 3 heteroatoms. The van der Waals surface area contributed by atoms with Gasteiger partial charge in [0.15, 0.2) is 0 Å². The molecular formula is C15H18N2O. The zero-order chi connectivity index (χ0) is 12.4. The quantitative estimate of drug-likeness (QED) is 0.874. The molecule has 1 fully saturated rings. The average Bonchev–Trinajstić information content (AvgIpc) is 2.47. The Labute approximate surface area is 107 Å². The molecule has 0 radical (unpaired) electrons. The van der Waals surface area contributed by atoms with Gasteiger partial charge in [0.25, 0.3) is 0 Å². The van der Waals surface area contributed by atoms with Gasteiger partial charge < -0.3 is 15.0 Å². The second-order valence-electron chi connectivity index (χ2n) is 4.60. The normalized spacial score (nSPS) is 15.9. The van der Waals surface area contributed by atoms with E-state index in [-0.39, 0.29) is 0 Å². The fourth-order valence-corrected chi connectivity index (χ4v) is 2.55. The molecule has 0 bridgehead atoms. The van der Waals surface area contributed by atoms with E-state index in [9.17, 15) is 0 Å². The van der Waals surface area contributed by atoms with Crippen LogP contribution in [0.2, 0.25) is 0 Å². The number of ether oxygens (including phenoxy) is 1. The van der Waals surface area contributed by atoms with Crippen LogP contribution in [0.1, 0.15) is 0 Å². The van der Waals surface area contributed by atoms with Crippen molar-refractivity contribution in [3.63, 3.8) is 0 Å². The third-order valence-electron chi connectivity index (χ3n) is 3.52. The Hall–Kier alpha value is -1.74. The third-order valence-corrected chi connectivity index (χ3v) is 3.52. The van der Waals surface area contributed by atoms with Gasteiger partial charge in [0.05, 0.1) is 7.11 Å². The van der Waals surface area contributed by atoms with Crippen LogP contribution in [0.5, 0.6) is 5.75 Å². The first-order valence-corrected chi connectivity index (χ1v) is 6.41. The standard InChI is InChI=1S/C15H18N2O/c1-18-13-5-6-14-12(11-13)3-2-4-15(14)17-9-7-16-8-10-17/h2-6,11,16H,7-10H2,1H3. The predicted molar refractivity (Wildman–Crippen MR) is 75.6 cm³/mol. The van der Waals surface area contributed by atoms with Crippen LogP contribution >= 0.6 is 0 Å². The molecule has 3 nitrogen and oxygen atoms in total. The molecule has 1 N–H and O–H groups in total. The fraction of sp³-hybridized carbons (Fsp3) is 0.333. The molecule has 1 aliphatic rings. The summed E-state index contributed by atoms with van der Waals surface area (Å²) in [6, 6.07) is 12.8. The van der Waals surface area contributed by atoms with Crippen LogP contribution in [0.25, 0.3) is 10.8 Å². The number of rotatable bonds is 2. The first-order chi connectivity index (χ1) is 8.88. The highest BCUT2D eigenvalue weighted by atomic mass is 16.5. The molecule has 0 aromatic heterocycles. The van der Waals surface area contributed by atoms with Crippen LogP contribution in [0.4, 0.5) is 5.69 Å². The summed E-state index contributed by atoms with van der Waals surface area (Å²) >= 11 is 0. The number of nitrogens with zero attached hydrogens (tertiary/aromatic N) is 1. The maximum atomic E-state index is 5.28. The van der Waals surface area contributed by atoms with Crippen molar-refractivity contribution in [1.29, 1.82) is 0 Å². The van der Waals surface area contributed by atoms with E-state index in [0.29, 0.717) is 0 Å². The lowest BCUT2D eigenvalue weighted by atomic mass is 10.1. The Balaban J connectivity index is 2.05. The molecule has 2 aromatic carbocycles. The van der Waals surface area contributed by atoms with Crippen LogP contribution in [0, 0.1) is 0 Å². The smallest absolute Gasteiger partial charge is 0.119 e. The molecule has 2 aromatic rings. The SMILES string of the molecule is COc1ccc2c(N3CCNCC3)cccc2c1. The minimum atomic E-state index is 0.917. The summed E-state index contributed by atoms with van der Waals surface area (Å²) in [4.78, 5) is 2.45. The van der Waals surface area contributed by atoms with Crippen LogP contribution in [0.15, 0.2) is 36.4 Å². The topological polar surface area (TPSA) is 24.5 Å². The predicted octanol–water partition coefficient (Wildman–Crippen LogP) is 2.26. The fourth-order valence-electron chi connectivity index (χ4n) is 2.55. The first-order valence-electron chi connectivity index (χ1n) is 6.41.